The predicted octanol–water partition coefficient (Wildman–Crippen LogP) is 4.50. The zero-order valence-corrected chi connectivity index (χ0v) is 9.27. The minimum absolute atomic E-state index is 0.241. The maximum atomic E-state index is 12.6. The Bertz CT molecular complexity index is 267. The van der Waals surface area contributed by atoms with Crippen LogP contribution in [0.5, 0.6) is 0 Å². The van der Waals surface area contributed by atoms with Gasteiger partial charge in [-0.2, -0.15) is 0 Å². The van der Waals surface area contributed by atoms with Crippen molar-refractivity contribution in [2.24, 2.45) is 0 Å². The highest BCUT2D eigenvalue weighted by Gasteiger charge is 2.04. The molecular formula is C12H18F2. The number of hydrogen-bond acceptors (Lipinski definition) is 0. The lowest BCUT2D eigenvalue weighted by molar-refractivity contribution is 0.506. The fourth-order valence-corrected chi connectivity index (χ4v) is 0.871. The average molecular weight is 200 g/mol. The normalized spacial score (nSPS) is 9.64. The van der Waals surface area contributed by atoms with E-state index in [1.807, 2.05) is 13.8 Å². The van der Waals surface area contributed by atoms with E-state index in [1.165, 1.54) is 12.5 Å². The first-order chi connectivity index (χ1) is 6.52. The second-order valence-electron chi connectivity index (χ2n) is 3.54. The monoisotopic (exact) mass is 200 g/mol. The van der Waals surface area contributed by atoms with E-state index in [4.69, 9.17) is 0 Å². The van der Waals surface area contributed by atoms with Crippen molar-refractivity contribution in [2.75, 3.05) is 0 Å². The SMILES string of the molecule is CC(C)c1ccc(F)c(F)c1.CCC. The van der Waals surface area contributed by atoms with Gasteiger partial charge >= 0.3 is 0 Å². The third-order valence-corrected chi connectivity index (χ3v) is 1.61. The van der Waals surface area contributed by atoms with Gasteiger partial charge in [-0.25, -0.2) is 8.78 Å². The molecule has 0 aliphatic heterocycles. The number of halogens is 2. The summed E-state index contributed by atoms with van der Waals surface area (Å²) < 4.78 is 25.0. The van der Waals surface area contributed by atoms with Crippen LogP contribution in [0.3, 0.4) is 0 Å². The van der Waals surface area contributed by atoms with Crippen LogP contribution in [0.4, 0.5) is 8.78 Å². The van der Waals surface area contributed by atoms with Crippen LogP contribution < -0.4 is 0 Å². The molecule has 0 nitrogen and oxygen atoms in total. The second kappa shape index (κ2) is 6.52. The highest BCUT2D eigenvalue weighted by atomic mass is 19.2. The van der Waals surface area contributed by atoms with Crippen LogP contribution in [0.2, 0.25) is 0 Å². The molecule has 0 spiro atoms. The van der Waals surface area contributed by atoms with Crippen LogP contribution >= 0.6 is 0 Å². The summed E-state index contributed by atoms with van der Waals surface area (Å²) in [7, 11) is 0. The van der Waals surface area contributed by atoms with Crippen LogP contribution in [0.25, 0.3) is 0 Å². The number of hydrogen-bond donors (Lipinski definition) is 0. The Balaban J connectivity index is 0.000000500. The molecule has 0 bridgehead atoms. The van der Waals surface area contributed by atoms with Crippen LogP contribution in [0.1, 0.15) is 45.6 Å². The standard InChI is InChI=1S/C9H10F2.C3H8/c1-6(2)7-3-4-8(10)9(11)5-7;1-3-2/h3-6H,1-2H3;3H2,1-2H3. The van der Waals surface area contributed by atoms with Gasteiger partial charge in [0.1, 0.15) is 0 Å². The molecule has 0 saturated carbocycles. The molecule has 0 N–H and O–H groups in total. The lowest BCUT2D eigenvalue weighted by Gasteiger charge is -2.04. The third-order valence-electron chi connectivity index (χ3n) is 1.61. The Hall–Kier alpha value is -0.920. The van der Waals surface area contributed by atoms with E-state index < -0.39 is 11.6 Å². The van der Waals surface area contributed by atoms with Crippen LogP contribution in [-0.4, -0.2) is 0 Å². The van der Waals surface area contributed by atoms with E-state index in [1.54, 1.807) is 6.07 Å². The molecule has 0 saturated heterocycles. The molecule has 0 aliphatic carbocycles. The van der Waals surface area contributed by atoms with E-state index in [9.17, 15) is 8.78 Å². The van der Waals surface area contributed by atoms with Gasteiger partial charge < -0.3 is 0 Å². The Morgan fingerprint density at radius 3 is 1.93 bits per heavy atom. The van der Waals surface area contributed by atoms with Crippen LogP contribution in [-0.2, 0) is 0 Å². The minimum atomic E-state index is -0.783. The molecular weight excluding hydrogens is 182 g/mol. The summed E-state index contributed by atoms with van der Waals surface area (Å²) in [6.45, 7) is 8.12. The van der Waals surface area contributed by atoms with Crippen molar-refractivity contribution in [3.63, 3.8) is 0 Å². The molecule has 0 amide bonds. The van der Waals surface area contributed by atoms with Crippen molar-refractivity contribution in [3.8, 4) is 0 Å². The van der Waals surface area contributed by atoms with E-state index >= 15 is 0 Å². The number of benzene rings is 1. The molecule has 2 heteroatoms. The lowest BCUT2D eigenvalue weighted by Crippen LogP contribution is -1.90. The van der Waals surface area contributed by atoms with Gasteiger partial charge in [-0.1, -0.05) is 40.2 Å². The topological polar surface area (TPSA) is 0 Å². The highest BCUT2D eigenvalue weighted by molar-refractivity contribution is 5.20. The molecule has 0 heterocycles. The Labute approximate surface area is 85.0 Å². The first-order valence-corrected chi connectivity index (χ1v) is 4.97. The molecule has 0 atom stereocenters. The molecule has 0 aromatic heterocycles. The van der Waals surface area contributed by atoms with Crippen LogP contribution in [0.15, 0.2) is 18.2 Å². The molecule has 1 aromatic carbocycles. The summed E-state index contributed by atoms with van der Waals surface area (Å²) in [5.41, 5.74) is 0.823. The third kappa shape index (κ3) is 4.35. The average Bonchev–Trinajstić information content (AvgIpc) is 2.10. The molecule has 80 valence electrons. The maximum absolute atomic E-state index is 12.6. The Morgan fingerprint density at radius 1 is 1.07 bits per heavy atom. The fraction of sp³-hybridized carbons (Fsp3) is 0.500. The fourth-order valence-electron chi connectivity index (χ4n) is 0.871. The van der Waals surface area contributed by atoms with Gasteiger partial charge in [0.15, 0.2) is 11.6 Å². The van der Waals surface area contributed by atoms with Crippen molar-refractivity contribution in [3.05, 3.63) is 35.4 Å². The van der Waals surface area contributed by atoms with Crippen molar-refractivity contribution in [1.29, 1.82) is 0 Å². The molecule has 0 fully saturated rings. The predicted molar refractivity (Wildman–Crippen MR) is 56.4 cm³/mol. The summed E-state index contributed by atoms with van der Waals surface area (Å²) in [6.07, 6.45) is 1.25. The molecule has 0 radical (unpaired) electrons. The van der Waals surface area contributed by atoms with Gasteiger partial charge in [0, 0.05) is 0 Å². The molecule has 1 aromatic rings. The Morgan fingerprint density at radius 2 is 1.57 bits per heavy atom. The first-order valence-electron chi connectivity index (χ1n) is 4.97. The summed E-state index contributed by atoms with van der Waals surface area (Å²) in [5.74, 6) is -1.31. The Kier molecular flexibility index (Phi) is 6.09. The van der Waals surface area contributed by atoms with Gasteiger partial charge in [0.2, 0.25) is 0 Å². The highest BCUT2D eigenvalue weighted by Crippen LogP contribution is 2.16. The van der Waals surface area contributed by atoms with Crippen molar-refractivity contribution in [1.82, 2.24) is 0 Å². The molecule has 14 heavy (non-hydrogen) atoms. The van der Waals surface area contributed by atoms with Gasteiger partial charge in [-0.05, 0) is 23.6 Å². The zero-order valence-electron chi connectivity index (χ0n) is 9.27. The van der Waals surface area contributed by atoms with Crippen molar-refractivity contribution >= 4 is 0 Å². The van der Waals surface area contributed by atoms with Crippen molar-refractivity contribution < 1.29 is 8.78 Å². The molecule has 1 rings (SSSR count). The summed E-state index contributed by atoms with van der Waals surface area (Å²) in [4.78, 5) is 0. The van der Waals surface area contributed by atoms with Gasteiger partial charge in [0.05, 0.1) is 0 Å². The minimum Gasteiger partial charge on any atom is -0.204 e. The maximum Gasteiger partial charge on any atom is 0.159 e. The first kappa shape index (κ1) is 13.1. The van der Waals surface area contributed by atoms with Crippen molar-refractivity contribution in [2.45, 2.75) is 40.0 Å². The van der Waals surface area contributed by atoms with Gasteiger partial charge in [0.25, 0.3) is 0 Å². The van der Waals surface area contributed by atoms with E-state index in [2.05, 4.69) is 13.8 Å². The molecule has 0 aliphatic rings. The number of rotatable bonds is 1. The summed E-state index contributed by atoms with van der Waals surface area (Å²) in [6, 6.07) is 3.99. The van der Waals surface area contributed by atoms with Gasteiger partial charge in [-0.15, -0.1) is 0 Å². The van der Waals surface area contributed by atoms with E-state index in [-0.39, 0.29) is 5.92 Å². The quantitative estimate of drug-likeness (QED) is 0.626. The van der Waals surface area contributed by atoms with Crippen LogP contribution in [0, 0.1) is 11.6 Å². The van der Waals surface area contributed by atoms with Gasteiger partial charge in [-0.3, -0.25) is 0 Å². The summed E-state index contributed by atoms with van der Waals surface area (Å²) >= 11 is 0. The smallest absolute Gasteiger partial charge is 0.159 e. The van der Waals surface area contributed by atoms with E-state index in [0.29, 0.717) is 0 Å². The largest absolute Gasteiger partial charge is 0.204 e. The zero-order chi connectivity index (χ0) is 11.1. The lowest BCUT2D eigenvalue weighted by atomic mass is 10.0. The summed E-state index contributed by atoms with van der Waals surface area (Å²) in [5, 5.41) is 0. The second-order valence-corrected chi connectivity index (χ2v) is 3.54. The molecule has 0 unspecified atom stereocenters. The van der Waals surface area contributed by atoms with E-state index in [0.717, 1.165) is 11.6 Å².